The third-order valence-corrected chi connectivity index (χ3v) is 2.52. The Morgan fingerprint density at radius 2 is 2.25 bits per heavy atom. The minimum Gasteiger partial charge on any atom is -0.347 e. The molecule has 0 spiro atoms. The van der Waals surface area contributed by atoms with Gasteiger partial charge in [0, 0.05) is 6.42 Å². The standard InChI is InChI=1S/C12H15N3O/c1-2-11(16)15-12-13-8-10(14-12)9-6-4-3-5-7-9/h3-7,10H,2,8H2,1H3,(H2,13,14,15,16). The Bertz CT molecular complexity index is 400. The van der Waals surface area contributed by atoms with E-state index in [0.29, 0.717) is 18.9 Å². The molecule has 4 nitrogen and oxygen atoms in total. The molecule has 1 aromatic carbocycles. The molecule has 1 amide bonds. The van der Waals surface area contributed by atoms with Gasteiger partial charge in [0.1, 0.15) is 0 Å². The zero-order chi connectivity index (χ0) is 11.4. The molecule has 1 heterocycles. The summed E-state index contributed by atoms with van der Waals surface area (Å²) in [6.07, 6.45) is 0.469. The zero-order valence-electron chi connectivity index (χ0n) is 9.23. The fourth-order valence-corrected chi connectivity index (χ4v) is 1.61. The van der Waals surface area contributed by atoms with Crippen molar-refractivity contribution >= 4 is 11.9 Å². The van der Waals surface area contributed by atoms with Crippen LogP contribution in [0.2, 0.25) is 0 Å². The third kappa shape index (κ3) is 2.39. The molecule has 1 unspecified atom stereocenters. The Morgan fingerprint density at radius 3 is 2.94 bits per heavy atom. The molecule has 1 aliphatic rings. The average molecular weight is 217 g/mol. The molecular formula is C12H15N3O. The summed E-state index contributed by atoms with van der Waals surface area (Å²) < 4.78 is 0. The lowest BCUT2D eigenvalue weighted by molar-refractivity contribution is -0.119. The number of benzene rings is 1. The third-order valence-electron chi connectivity index (χ3n) is 2.52. The first-order chi connectivity index (χ1) is 7.79. The lowest BCUT2D eigenvalue weighted by Gasteiger charge is -2.12. The number of carbonyl (C=O) groups is 1. The topological polar surface area (TPSA) is 53.5 Å². The van der Waals surface area contributed by atoms with E-state index in [-0.39, 0.29) is 11.9 Å². The van der Waals surface area contributed by atoms with Crippen molar-refractivity contribution in [1.82, 2.24) is 10.6 Å². The monoisotopic (exact) mass is 217 g/mol. The van der Waals surface area contributed by atoms with Crippen LogP contribution in [0.3, 0.4) is 0 Å². The van der Waals surface area contributed by atoms with E-state index in [9.17, 15) is 4.79 Å². The van der Waals surface area contributed by atoms with Crippen LogP contribution in [-0.2, 0) is 4.79 Å². The van der Waals surface area contributed by atoms with E-state index in [1.165, 1.54) is 5.56 Å². The maximum absolute atomic E-state index is 11.2. The fourth-order valence-electron chi connectivity index (χ4n) is 1.61. The number of nitrogens with zero attached hydrogens (tertiary/aromatic N) is 1. The van der Waals surface area contributed by atoms with Gasteiger partial charge in [-0.25, -0.2) is 0 Å². The molecule has 0 aliphatic carbocycles. The predicted molar refractivity (Wildman–Crippen MR) is 63.1 cm³/mol. The molecule has 1 aliphatic heterocycles. The molecule has 0 aromatic heterocycles. The van der Waals surface area contributed by atoms with Gasteiger partial charge in [0.2, 0.25) is 5.91 Å². The molecular weight excluding hydrogens is 202 g/mol. The lowest BCUT2D eigenvalue weighted by Crippen LogP contribution is -2.38. The maximum Gasteiger partial charge on any atom is 0.226 e. The van der Waals surface area contributed by atoms with Gasteiger partial charge in [-0.3, -0.25) is 15.1 Å². The largest absolute Gasteiger partial charge is 0.347 e. The van der Waals surface area contributed by atoms with E-state index in [1.54, 1.807) is 0 Å². The molecule has 0 bridgehead atoms. The SMILES string of the molecule is CCC(=O)NC1=NCC(c2ccccc2)N1. The molecule has 0 radical (unpaired) electrons. The van der Waals surface area contributed by atoms with Crippen molar-refractivity contribution in [3.63, 3.8) is 0 Å². The van der Waals surface area contributed by atoms with Crippen LogP contribution in [-0.4, -0.2) is 18.4 Å². The number of aliphatic imine (C=N–C) groups is 1. The van der Waals surface area contributed by atoms with Gasteiger partial charge in [-0.15, -0.1) is 0 Å². The zero-order valence-corrected chi connectivity index (χ0v) is 9.23. The lowest BCUT2D eigenvalue weighted by atomic mass is 10.1. The Morgan fingerprint density at radius 1 is 1.50 bits per heavy atom. The van der Waals surface area contributed by atoms with E-state index in [4.69, 9.17) is 0 Å². The minimum absolute atomic E-state index is 0.0139. The number of amides is 1. The average Bonchev–Trinajstić information content (AvgIpc) is 2.78. The quantitative estimate of drug-likeness (QED) is 0.782. The van der Waals surface area contributed by atoms with E-state index in [2.05, 4.69) is 27.8 Å². The summed E-state index contributed by atoms with van der Waals surface area (Å²) >= 11 is 0. The van der Waals surface area contributed by atoms with Crippen molar-refractivity contribution in [3.8, 4) is 0 Å². The van der Waals surface area contributed by atoms with Crippen LogP contribution >= 0.6 is 0 Å². The van der Waals surface area contributed by atoms with Crippen LogP contribution in [0.1, 0.15) is 24.9 Å². The molecule has 4 heteroatoms. The molecule has 0 fully saturated rings. The summed E-state index contributed by atoms with van der Waals surface area (Å²) in [6.45, 7) is 2.49. The highest BCUT2D eigenvalue weighted by atomic mass is 16.1. The Hall–Kier alpha value is -1.84. The first-order valence-electron chi connectivity index (χ1n) is 5.45. The van der Waals surface area contributed by atoms with Gasteiger partial charge in [-0.05, 0) is 5.56 Å². The number of guanidine groups is 1. The van der Waals surface area contributed by atoms with E-state index < -0.39 is 0 Å². The molecule has 2 N–H and O–H groups in total. The summed E-state index contributed by atoms with van der Waals surface area (Å²) in [5.74, 6) is 0.570. The minimum atomic E-state index is -0.0139. The van der Waals surface area contributed by atoms with E-state index in [0.717, 1.165) is 0 Å². The van der Waals surface area contributed by atoms with E-state index >= 15 is 0 Å². The molecule has 0 saturated heterocycles. The maximum atomic E-state index is 11.2. The highest BCUT2D eigenvalue weighted by Crippen LogP contribution is 2.15. The summed E-state index contributed by atoms with van der Waals surface area (Å²) in [5, 5.41) is 5.92. The van der Waals surface area contributed by atoms with Crippen molar-refractivity contribution in [1.29, 1.82) is 0 Å². The van der Waals surface area contributed by atoms with E-state index in [1.807, 2.05) is 25.1 Å². The molecule has 84 valence electrons. The second-order valence-electron chi connectivity index (χ2n) is 3.70. The Balaban J connectivity index is 1.94. The number of carbonyl (C=O) groups excluding carboxylic acids is 1. The molecule has 16 heavy (non-hydrogen) atoms. The van der Waals surface area contributed by atoms with Crippen LogP contribution in [0.25, 0.3) is 0 Å². The predicted octanol–water partition coefficient (Wildman–Crippen LogP) is 1.21. The Kier molecular flexibility index (Phi) is 3.19. The number of rotatable bonds is 2. The normalized spacial score (nSPS) is 18.8. The second-order valence-corrected chi connectivity index (χ2v) is 3.70. The van der Waals surface area contributed by atoms with Crippen LogP contribution in [0.15, 0.2) is 35.3 Å². The summed E-state index contributed by atoms with van der Waals surface area (Å²) in [6, 6.07) is 10.3. The molecule has 1 aromatic rings. The van der Waals surface area contributed by atoms with Crippen LogP contribution < -0.4 is 10.6 Å². The van der Waals surface area contributed by atoms with Crippen LogP contribution in [0.5, 0.6) is 0 Å². The molecule has 2 rings (SSSR count). The first-order valence-corrected chi connectivity index (χ1v) is 5.45. The fraction of sp³-hybridized carbons (Fsp3) is 0.333. The van der Waals surface area contributed by atoms with Gasteiger partial charge >= 0.3 is 0 Å². The van der Waals surface area contributed by atoms with Gasteiger partial charge in [0.15, 0.2) is 5.96 Å². The molecule has 0 saturated carbocycles. The van der Waals surface area contributed by atoms with Crippen molar-refractivity contribution in [3.05, 3.63) is 35.9 Å². The summed E-state index contributed by atoms with van der Waals surface area (Å²) in [5.41, 5.74) is 1.19. The van der Waals surface area contributed by atoms with Crippen LogP contribution in [0.4, 0.5) is 0 Å². The Labute approximate surface area is 94.8 Å². The highest BCUT2D eigenvalue weighted by Gasteiger charge is 2.19. The first kappa shape index (κ1) is 10.7. The second kappa shape index (κ2) is 4.79. The van der Waals surface area contributed by atoms with Gasteiger partial charge in [-0.1, -0.05) is 37.3 Å². The smallest absolute Gasteiger partial charge is 0.226 e. The van der Waals surface area contributed by atoms with Gasteiger partial charge in [0.25, 0.3) is 0 Å². The molecule has 1 atom stereocenters. The van der Waals surface area contributed by atoms with Crippen molar-refractivity contribution < 1.29 is 4.79 Å². The van der Waals surface area contributed by atoms with Gasteiger partial charge in [0.05, 0.1) is 12.6 Å². The van der Waals surface area contributed by atoms with Crippen molar-refractivity contribution in [2.75, 3.05) is 6.54 Å². The number of hydrogen-bond donors (Lipinski definition) is 2. The van der Waals surface area contributed by atoms with Crippen molar-refractivity contribution in [2.45, 2.75) is 19.4 Å². The van der Waals surface area contributed by atoms with Gasteiger partial charge < -0.3 is 5.32 Å². The summed E-state index contributed by atoms with van der Waals surface area (Å²) in [4.78, 5) is 15.4. The summed E-state index contributed by atoms with van der Waals surface area (Å²) in [7, 11) is 0. The van der Waals surface area contributed by atoms with Crippen molar-refractivity contribution in [2.24, 2.45) is 4.99 Å². The number of nitrogens with one attached hydrogen (secondary N) is 2. The van der Waals surface area contributed by atoms with Gasteiger partial charge in [-0.2, -0.15) is 0 Å². The highest BCUT2D eigenvalue weighted by molar-refractivity contribution is 5.97. The number of hydrogen-bond acceptors (Lipinski definition) is 3. The van der Waals surface area contributed by atoms with Crippen LogP contribution in [0, 0.1) is 0 Å².